The van der Waals surface area contributed by atoms with Gasteiger partial charge in [-0.2, -0.15) is 11.3 Å². The average molecular weight is 265 g/mol. The van der Waals surface area contributed by atoms with Gasteiger partial charge in [-0.25, -0.2) is 0 Å². The molecule has 0 aliphatic carbocycles. The number of aryl methyl sites for hydroxylation is 2. The van der Waals surface area contributed by atoms with Gasteiger partial charge < -0.3 is 0 Å². The molecule has 1 heterocycles. The van der Waals surface area contributed by atoms with Gasteiger partial charge in [-0.15, -0.1) is 0 Å². The maximum absolute atomic E-state index is 12.0. The second-order valence-electron chi connectivity index (χ2n) is 4.02. The fraction of sp³-hybridized carbons (Fsp3) is 0.214. The quantitative estimate of drug-likeness (QED) is 0.742. The molecule has 0 saturated carbocycles. The number of halogens is 1. The van der Waals surface area contributed by atoms with Crippen LogP contribution in [0, 0.1) is 6.92 Å². The molecule has 1 nitrogen and oxygen atoms in total. The summed E-state index contributed by atoms with van der Waals surface area (Å²) >= 11 is 7.60. The maximum atomic E-state index is 12.0. The molecule has 0 N–H and O–H groups in total. The third-order valence-corrected chi connectivity index (χ3v) is 3.86. The monoisotopic (exact) mass is 264 g/mol. The summed E-state index contributed by atoms with van der Waals surface area (Å²) in [6.45, 7) is 1.91. The van der Waals surface area contributed by atoms with Crippen LogP contribution < -0.4 is 0 Å². The molecule has 0 unspecified atom stereocenters. The lowest BCUT2D eigenvalue weighted by atomic mass is 10.0. The van der Waals surface area contributed by atoms with E-state index >= 15 is 0 Å². The van der Waals surface area contributed by atoms with Crippen LogP contribution in [0.25, 0.3) is 0 Å². The predicted molar refractivity (Wildman–Crippen MR) is 73.2 cm³/mol. The number of ketones is 1. The molecule has 0 fully saturated rings. The number of thiophene rings is 1. The molecule has 3 heteroatoms. The maximum Gasteiger partial charge on any atom is 0.163 e. The first-order valence-electron chi connectivity index (χ1n) is 5.47. The van der Waals surface area contributed by atoms with Crippen molar-refractivity contribution in [1.29, 1.82) is 0 Å². The smallest absolute Gasteiger partial charge is 0.163 e. The summed E-state index contributed by atoms with van der Waals surface area (Å²) in [7, 11) is 0. The van der Waals surface area contributed by atoms with Gasteiger partial charge in [0.15, 0.2) is 5.78 Å². The van der Waals surface area contributed by atoms with E-state index < -0.39 is 0 Å². The highest BCUT2D eigenvalue weighted by Crippen LogP contribution is 2.18. The lowest BCUT2D eigenvalue weighted by Crippen LogP contribution is -2.01. The lowest BCUT2D eigenvalue weighted by molar-refractivity contribution is 0.0983. The van der Waals surface area contributed by atoms with Crippen molar-refractivity contribution < 1.29 is 4.79 Å². The van der Waals surface area contributed by atoms with E-state index in [2.05, 4.69) is 11.4 Å². The van der Waals surface area contributed by atoms with Crippen molar-refractivity contribution in [2.24, 2.45) is 0 Å². The van der Waals surface area contributed by atoms with E-state index in [4.69, 9.17) is 11.6 Å². The minimum Gasteiger partial charge on any atom is -0.294 e. The van der Waals surface area contributed by atoms with Gasteiger partial charge in [0.1, 0.15) is 0 Å². The molecule has 2 aromatic rings. The van der Waals surface area contributed by atoms with Gasteiger partial charge in [0.05, 0.1) is 0 Å². The normalized spacial score (nSPS) is 10.5. The Hall–Kier alpha value is -1.12. The molecule has 0 amide bonds. The number of carbonyl (C=O) groups is 1. The zero-order valence-corrected chi connectivity index (χ0v) is 11.1. The molecule has 2 rings (SSSR count). The van der Waals surface area contributed by atoms with E-state index in [-0.39, 0.29) is 5.78 Å². The summed E-state index contributed by atoms with van der Waals surface area (Å²) < 4.78 is 0. The van der Waals surface area contributed by atoms with Crippen LogP contribution in [0.15, 0.2) is 35.0 Å². The number of carbonyl (C=O) groups excluding carboxylic acids is 1. The molecule has 0 aliphatic heterocycles. The average Bonchev–Trinajstić information content (AvgIpc) is 2.82. The van der Waals surface area contributed by atoms with Crippen LogP contribution in [-0.4, -0.2) is 5.78 Å². The van der Waals surface area contributed by atoms with Gasteiger partial charge >= 0.3 is 0 Å². The zero-order chi connectivity index (χ0) is 12.3. The fourth-order valence-corrected chi connectivity index (χ4v) is 2.48. The highest BCUT2D eigenvalue weighted by molar-refractivity contribution is 7.07. The first-order chi connectivity index (χ1) is 8.16. The third-order valence-electron chi connectivity index (χ3n) is 2.70. The summed E-state index contributed by atoms with van der Waals surface area (Å²) in [6, 6.07) is 7.50. The first kappa shape index (κ1) is 12.3. The SMILES string of the molecule is Cc1cc(C(=O)CCc2ccsc2)ccc1Cl. The Labute approximate surface area is 110 Å². The van der Waals surface area contributed by atoms with Crippen LogP contribution >= 0.6 is 22.9 Å². The fourth-order valence-electron chi connectivity index (χ4n) is 1.66. The highest BCUT2D eigenvalue weighted by Gasteiger charge is 2.07. The third kappa shape index (κ3) is 3.18. The first-order valence-corrected chi connectivity index (χ1v) is 6.79. The topological polar surface area (TPSA) is 17.1 Å². The molecular weight excluding hydrogens is 252 g/mol. The number of Topliss-reactive ketones (excluding diaryl/α,β-unsaturated/α-hetero) is 1. The van der Waals surface area contributed by atoms with E-state index in [1.807, 2.05) is 18.4 Å². The summed E-state index contributed by atoms with van der Waals surface area (Å²) in [6.07, 6.45) is 1.36. The molecular formula is C14H13ClOS. The summed E-state index contributed by atoms with van der Waals surface area (Å²) in [5.41, 5.74) is 2.93. The minimum absolute atomic E-state index is 0.177. The minimum atomic E-state index is 0.177. The Morgan fingerprint density at radius 2 is 2.18 bits per heavy atom. The van der Waals surface area contributed by atoms with Crippen LogP contribution in [0.5, 0.6) is 0 Å². The second kappa shape index (κ2) is 5.48. The molecule has 0 aliphatic rings. The van der Waals surface area contributed by atoms with E-state index in [1.54, 1.807) is 23.5 Å². The van der Waals surface area contributed by atoms with E-state index in [1.165, 1.54) is 5.56 Å². The standard InChI is InChI=1S/C14H13ClOS/c1-10-8-12(3-4-13(10)15)14(16)5-2-11-6-7-17-9-11/h3-4,6-9H,2,5H2,1H3. The molecule has 1 aromatic carbocycles. The molecule has 17 heavy (non-hydrogen) atoms. The Balaban J connectivity index is 2.02. The van der Waals surface area contributed by atoms with Crippen LogP contribution in [0.4, 0.5) is 0 Å². The Morgan fingerprint density at radius 1 is 1.35 bits per heavy atom. The van der Waals surface area contributed by atoms with E-state index in [0.29, 0.717) is 11.4 Å². The molecule has 0 bridgehead atoms. The van der Waals surface area contributed by atoms with Gasteiger partial charge in [-0.05, 0) is 59.5 Å². The van der Waals surface area contributed by atoms with Crippen LogP contribution in [0.1, 0.15) is 27.9 Å². The van der Waals surface area contributed by atoms with Crippen molar-refractivity contribution in [3.05, 3.63) is 56.7 Å². The van der Waals surface area contributed by atoms with Crippen molar-refractivity contribution in [3.8, 4) is 0 Å². The predicted octanol–water partition coefficient (Wildman–Crippen LogP) is 4.53. The second-order valence-corrected chi connectivity index (χ2v) is 5.21. The molecule has 88 valence electrons. The number of rotatable bonds is 4. The lowest BCUT2D eigenvalue weighted by Gasteiger charge is -2.03. The number of hydrogen-bond acceptors (Lipinski definition) is 2. The molecule has 0 atom stereocenters. The molecule has 0 spiro atoms. The Bertz CT molecular complexity index is 517. The van der Waals surface area contributed by atoms with Crippen molar-refractivity contribution >= 4 is 28.7 Å². The Kier molecular flexibility index (Phi) is 3.97. The summed E-state index contributed by atoms with van der Waals surface area (Å²) in [5.74, 6) is 0.177. The van der Waals surface area contributed by atoms with Gasteiger partial charge in [-0.1, -0.05) is 11.6 Å². The molecule has 0 saturated heterocycles. The van der Waals surface area contributed by atoms with Crippen molar-refractivity contribution in [2.75, 3.05) is 0 Å². The van der Waals surface area contributed by atoms with Gasteiger partial charge in [0.2, 0.25) is 0 Å². The van der Waals surface area contributed by atoms with E-state index in [9.17, 15) is 4.79 Å². The summed E-state index contributed by atoms with van der Waals surface area (Å²) in [4.78, 5) is 12.0. The molecule has 1 aromatic heterocycles. The summed E-state index contributed by atoms with van der Waals surface area (Å²) in [5, 5.41) is 4.83. The Morgan fingerprint density at radius 3 is 2.82 bits per heavy atom. The van der Waals surface area contributed by atoms with Crippen LogP contribution in [-0.2, 0) is 6.42 Å². The molecule has 0 radical (unpaired) electrons. The highest BCUT2D eigenvalue weighted by atomic mass is 35.5. The van der Waals surface area contributed by atoms with Gasteiger partial charge in [0, 0.05) is 17.0 Å². The van der Waals surface area contributed by atoms with Crippen molar-refractivity contribution in [1.82, 2.24) is 0 Å². The van der Waals surface area contributed by atoms with Crippen molar-refractivity contribution in [3.63, 3.8) is 0 Å². The number of benzene rings is 1. The van der Waals surface area contributed by atoms with Crippen molar-refractivity contribution in [2.45, 2.75) is 19.8 Å². The zero-order valence-electron chi connectivity index (χ0n) is 9.57. The van der Waals surface area contributed by atoms with Crippen LogP contribution in [0.3, 0.4) is 0 Å². The van der Waals surface area contributed by atoms with Crippen LogP contribution in [0.2, 0.25) is 5.02 Å². The largest absolute Gasteiger partial charge is 0.294 e. The number of hydrogen-bond donors (Lipinski definition) is 0. The van der Waals surface area contributed by atoms with Gasteiger partial charge in [-0.3, -0.25) is 4.79 Å². The van der Waals surface area contributed by atoms with Gasteiger partial charge in [0.25, 0.3) is 0 Å². The van der Waals surface area contributed by atoms with E-state index in [0.717, 1.165) is 17.5 Å².